The summed E-state index contributed by atoms with van der Waals surface area (Å²) < 4.78 is 0. The Morgan fingerprint density at radius 1 is 1.38 bits per heavy atom. The first-order chi connectivity index (χ1) is 7.75. The molecular weight excluding hydrogens is 206 g/mol. The van der Waals surface area contributed by atoms with E-state index in [4.69, 9.17) is 0 Å². The fraction of sp³-hybridized carbons (Fsp3) is 0.818. The van der Waals surface area contributed by atoms with E-state index in [1.807, 2.05) is 4.90 Å². The van der Waals surface area contributed by atoms with E-state index >= 15 is 0 Å². The first kappa shape index (κ1) is 9.93. The Hall–Kier alpha value is -1.26. The Morgan fingerprint density at radius 3 is 2.94 bits per heavy atom. The normalized spacial score (nSPS) is 33.2. The van der Waals surface area contributed by atoms with E-state index in [1.54, 1.807) is 0 Å². The Bertz CT molecular complexity index is 327. The molecule has 2 aliphatic heterocycles. The highest BCUT2D eigenvalue weighted by molar-refractivity contribution is 5.84. The van der Waals surface area contributed by atoms with Gasteiger partial charge in [0.2, 0.25) is 5.91 Å². The summed E-state index contributed by atoms with van der Waals surface area (Å²) in [6, 6.07) is 0.492. The number of carbonyl (C=O) groups excluding carboxylic acids is 2. The molecule has 5 heteroatoms. The maximum absolute atomic E-state index is 12.0. The zero-order chi connectivity index (χ0) is 11.1. The molecule has 0 spiro atoms. The maximum atomic E-state index is 12.0. The van der Waals surface area contributed by atoms with Gasteiger partial charge in [-0.15, -0.1) is 0 Å². The third kappa shape index (κ3) is 1.64. The molecule has 2 heterocycles. The Balaban J connectivity index is 1.68. The monoisotopic (exact) mass is 223 g/mol. The summed E-state index contributed by atoms with van der Waals surface area (Å²) in [6.07, 6.45) is 4.06. The van der Waals surface area contributed by atoms with E-state index in [1.165, 1.54) is 0 Å². The number of urea groups is 1. The van der Waals surface area contributed by atoms with Crippen molar-refractivity contribution < 1.29 is 9.59 Å². The molecule has 0 radical (unpaired) electrons. The molecule has 5 nitrogen and oxygen atoms in total. The largest absolute Gasteiger partial charge is 0.354 e. The molecule has 2 saturated heterocycles. The smallest absolute Gasteiger partial charge is 0.317 e. The summed E-state index contributed by atoms with van der Waals surface area (Å²) in [4.78, 5) is 25.4. The van der Waals surface area contributed by atoms with Gasteiger partial charge in [0, 0.05) is 19.1 Å². The topological polar surface area (TPSA) is 61.4 Å². The molecule has 0 bridgehead atoms. The summed E-state index contributed by atoms with van der Waals surface area (Å²) in [5.41, 5.74) is 0. The van der Waals surface area contributed by atoms with Gasteiger partial charge in [-0.2, -0.15) is 0 Å². The fourth-order valence-electron chi connectivity index (χ4n) is 2.69. The van der Waals surface area contributed by atoms with Gasteiger partial charge in [-0.3, -0.25) is 4.79 Å². The molecular formula is C11H17N3O2. The van der Waals surface area contributed by atoms with Crippen molar-refractivity contribution in [2.45, 2.75) is 37.8 Å². The highest BCUT2D eigenvalue weighted by atomic mass is 16.2. The van der Waals surface area contributed by atoms with Gasteiger partial charge in [0.1, 0.15) is 0 Å². The molecule has 2 unspecified atom stereocenters. The van der Waals surface area contributed by atoms with Crippen molar-refractivity contribution in [2.75, 3.05) is 13.1 Å². The molecule has 3 amide bonds. The van der Waals surface area contributed by atoms with Gasteiger partial charge in [-0.25, -0.2) is 4.79 Å². The molecule has 2 atom stereocenters. The van der Waals surface area contributed by atoms with E-state index in [9.17, 15) is 9.59 Å². The molecule has 3 rings (SSSR count). The summed E-state index contributed by atoms with van der Waals surface area (Å²) >= 11 is 0. The molecule has 2 N–H and O–H groups in total. The number of nitrogens with one attached hydrogen (secondary N) is 2. The molecule has 1 aliphatic carbocycles. The van der Waals surface area contributed by atoms with E-state index in [0.717, 1.165) is 32.2 Å². The second-order valence-electron chi connectivity index (χ2n) is 4.98. The standard InChI is InChI=1S/C11H17N3O2/c15-10-8-2-1-5-14(9(8)6-12-10)11(16)13-7-3-4-7/h7-9H,1-6H2,(H,12,15)(H,13,16). The van der Waals surface area contributed by atoms with Gasteiger partial charge >= 0.3 is 6.03 Å². The van der Waals surface area contributed by atoms with Crippen molar-refractivity contribution in [3.05, 3.63) is 0 Å². The SMILES string of the molecule is O=C1NCC2C1CCCN2C(=O)NC1CC1. The highest BCUT2D eigenvalue weighted by Crippen LogP contribution is 2.28. The third-order valence-corrected chi connectivity index (χ3v) is 3.77. The van der Waals surface area contributed by atoms with Crippen LogP contribution >= 0.6 is 0 Å². The fourth-order valence-corrected chi connectivity index (χ4v) is 2.69. The van der Waals surface area contributed by atoms with Gasteiger partial charge in [-0.05, 0) is 25.7 Å². The Labute approximate surface area is 94.6 Å². The number of rotatable bonds is 1. The Morgan fingerprint density at radius 2 is 2.19 bits per heavy atom. The maximum Gasteiger partial charge on any atom is 0.317 e. The van der Waals surface area contributed by atoms with Crippen LogP contribution in [0.5, 0.6) is 0 Å². The van der Waals surface area contributed by atoms with E-state index in [-0.39, 0.29) is 23.9 Å². The number of fused-ring (bicyclic) bond motifs is 1. The molecule has 3 fully saturated rings. The van der Waals surface area contributed by atoms with Crippen LogP contribution in [-0.2, 0) is 4.79 Å². The predicted molar refractivity (Wildman–Crippen MR) is 57.8 cm³/mol. The number of amides is 3. The van der Waals surface area contributed by atoms with E-state index in [2.05, 4.69) is 10.6 Å². The van der Waals surface area contributed by atoms with Crippen LogP contribution in [-0.4, -0.2) is 42.0 Å². The molecule has 88 valence electrons. The Kier molecular flexibility index (Phi) is 2.26. The molecule has 0 aromatic rings. The van der Waals surface area contributed by atoms with Crippen molar-refractivity contribution in [1.82, 2.24) is 15.5 Å². The number of piperidine rings is 1. The summed E-state index contributed by atoms with van der Waals surface area (Å²) in [6.45, 7) is 1.41. The summed E-state index contributed by atoms with van der Waals surface area (Å²) in [7, 11) is 0. The van der Waals surface area contributed by atoms with Crippen molar-refractivity contribution in [3.63, 3.8) is 0 Å². The lowest BCUT2D eigenvalue weighted by atomic mass is 9.92. The van der Waals surface area contributed by atoms with Gasteiger partial charge in [0.15, 0.2) is 0 Å². The van der Waals surface area contributed by atoms with Crippen LogP contribution in [0.4, 0.5) is 4.79 Å². The summed E-state index contributed by atoms with van der Waals surface area (Å²) in [5, 5.41) is 5.85. The predicted octanol–water partition coefficient (Wildman–Crippen LogP) is 0.0688. The van der Waals surface area contributed by atoms with Crippen molar-refractivity contribution >= 4 is 11.9 Å². The van der Waals surface area contributed by atoms with Gasteiger partial charge in [-0.1, -0.05) is 0 Å². The number of hydrogen-bond donors (Lipinski definition) is 2. The van der Waals surface area contributed by atoms with Crippen LogP contribution in [0.2, 0.25) is 0 Å². The van der Waals surface area contributed by atoms with E-state index < -0.39 is 0 Å². The van der Waals surface area contributed by atoms with Crippen LogP contribution < -0.4 is 10.6 Å². The minimum Gasteiger partial charge on any atom is -0.354 e. The van der Waals surface area contributed by atoms with Gasteiger partial charge in [0.05, 0.1) is 12.0 Å². The second kappa shape index (κ2) is 3.64. The average Bonchev–Trinajstić information content (AvgIpc) is 3.02. The van der Waals surface area contributed by atoms with Crippen molar-refractivity contribution in [1.29, 1.82) is 0 Å². The second-order valence-corrected chi connectivity index (χ2v) is 4.98. The zero-order valence-corrected chi connectivity index (χ0v) is 9.24. The molecule has 3 aliphatic rings. The number of carbonyl (C=O) groups is 2. The quantitative estimate of drug-likeness (QED) is 0.661. The van der Waals surface area contributed by atoms with Crippen LogP contribution in [0.25, 0.3) is 0 Å². The van der Waals surface area contributed by atoms with E-state index in [0.29, 0.717) is 12.6 Å². The average molecular weight is 223 g/mol. The van der Waals surface area contributed by atoms with Gasteiger partial charge < -0.3 is 15.5 Å². The molecule has 0 aromatic carbocycles. The van der Waals surface area contributed by atoms with Crippen molar-refractivity contribution in [2.24, 2.45) is 5.92 Å². The van der Waals surface area contributed by atoms with Gasteiger partial charge in [0.25, 0.3) is 0 Å². The zero-order valence-electron chi connectivity index (χ0n) is 9.24. The third-order valence-electron chi connectivity index (χ3n) is 3.77. The number of likely N-dealkylation sites (tertiary alicyclic amines) is 1. The van der Waals surface area contributed by atoms with Crippen LogP contribution in [0.1, 0.15) is 25.7 Å². The highest BCUT2D eigenvalue weighted by Gasteiger charge is 2.43. The summed E-state index contributed by atoms with van der Waals surface area (Å²) in [5.74, 6) is 0.146. The lowest BCUT2D eigenvalue weighted by Crippen LogP contribution is -2.52. The number of hydrogen-bond acceptors (Lipinski definition) is 2. The minimum atomic E-state index is 0.0219. The minimum absolute atomic E-state index is 0.0219. The van der Waals surface area contributed by atoms with Crippen LogP contribution in [0.3, 0.4) is 0 Å². The van der Waals surface area contributed by atoms with Crippen LogP contribution in [0.15, 0.2) is 0 Å². The van der Waals surface area contributed by atoms with Crippen LogP contribution in [0, 0.1) is 5.92 Å². The molecule has 0 aromatic heterocycles. The first-order valence-corrected chi connectivity index (χ1v) is 6.10. The first-order valence-electron chi connectivity index (χ1n) is 6.10. The lowest BCUT2D eigenvalue weighted by molar-refractivity contribution is -0.123. The lowest BCUT2D eigenvalue weighted by Gasteiger charge is -2.35. The molecule has 1 saturated carbocycles. The van der Waals surface area contributed by atoms with Crippen molar-refractivity contribution in [3.8, 4) is 0 Å². The number of nitrogens with zero attached hydrogens (tertiary/aromatic N) is 1. The molecule has 16 heavy (non-hydrogen) atoms.